The number of hydrogen-bond donors (Lipinski definition) is 0. The molecule has 1 aliphatic rings. The third-order valence-corrected chi connectivity index (χ3v) is 25.3. The smallest absolute Gasteiger partial charge is 0.0806 e. The van der Waals surface area contributed by atoms with Crippen LogP contribution in [0.2, 0.25) is 26.2 Å². The molecule has 19 heavy (non-hydrogen) atoms. The number of aryl methyl sites for hydroxylation is 2. The third kappa shape index (κ3) is 1.87. The van der Waals surface area contributed by atoms with Crippen LogP contribution in [0.3, 0.4) is 0 Å². The second kappa shape index (κ2) is 4.16. The van der Waals surface area contributed by atoms with Crippen LogP contribution in [-0.4, -0.2) is 15.2 Å². The van der Waals surface area contributed by atoms with Gasteiger partial charge in [-0.05, 0) is 36.4 Å². The first-order valence-electron chi connectivity index (χ1n) is 6.93. The summed E-state index contributed by atoms with van der Waals surface area (Å²) in [5, 5.41) is 3.54. The molecular weight excluding hydrogens is 300 g/mol. The fourth-order valence-electron chi connectivity index (χ4n) is 3.26. The molecule has 0 saturated carbocycles. The Morgan fingerprint density at radius 3 is 1.53 bits per heavy atom. The van der Waals surface area contributed by atoms with E-state index in [1.807, 2.05) is 22.7 Å². The lowest BCUT2D eigenvalue weighted by Gasteiger charge is -2.37. The van der Waals surface area contributed by atoms with Crippen LogP contribution in [0, 0.1) is 13.8 Å². The molecule has 0 amide bonds. The van der Waals surface area contributed by atoms with Gasteiger partial charge in [-0.1, -0.05) is 26.2 Å². The van der Waals surface area contributed by atoms with Gasteiger partial charge in [-0.25, -0.2) is 0 Å². The fourth-order valence-corrected chi connectivity index (χ4v) is 17.3. The summed E-state index contributed by atoms with van der Waals surface area (Å²) in [6.45, 7) is 15.0. The minimum absolute atomic E-state index is 1.20. The Hall–Kier alpha value is -0.166. The van der Waals surface area contributed by atoms with Gasteiger partial charge in [0.2, 0.25) is 0 Å². The largest absolute Gasteiger partial charge is 0.145 e. The minimum atomic E-state index is -1.35. The molecule has 1 aliphatic heterocycles. The zero-order valence-corrected chi connectivity index (χ0v) is 16.3. The zero-order chi connectivity index (χ0) is 14.0. The predicted octanol–water partition coefficient (Wildman–Crippen LogP) is 3.94. The molecule has 0 nitrogen and oxygen atoms in total. The van der Waals surface area contributed by atoms with Crippen molar-refractivity contribution in [2.75, 3.05) is 0 Å². The van der Waals surface area contributed by atoms with Gasteiger partial charge in [0, 0.05) is 25.9 Å². The summed E-state index contributed by atoms with van der Waals surface area (Å²) in [5.74, 6) is 0. The number of hydrogen-bond acceptors (Lipinski definition) is 2. The summed E-state index contributed by atoms with van der Waals surface area (Å²) in [7, 11) is -2.70. The Kier molecular flexibility index (Phi) is 3.03. The molecular formula is C15H22S2Si2. The highest BCUT2D eigenvalue weighted by molar-refractivity contribution is 7.51. The molecule has 3 rings (SSSR count). The van der Waals surface area contributed by atoms with E-state index in [9.17, 15) is 0 Å². The van der Waals surface area contributed by atoms with E-state index in [0.717, 1.165) is 0 Å². The van der Waals surface area contributed by atoms with Crippen LogP contribution in [0.5, 0.6) is 0 Å². The molecule has 2 aromatic rings. The van der Waals surface area contributed by atoms with E-state index in [1.54, 1.807) is 20.1 Å². The third-order valence-electron chi connectivity index (χ3n) is 5.09. The lowest BCUT2D eigenvalue weighted by Crippen LogP contribution is -2.68. The first-order chi connectivity index (χ1) is 8.73. The Morgan fingerprint density at radius 2 is 1.16 bits per heavy atom. The lowest BCUT2D eigenvalue weighted by atomic mass is 10.3. The van der Waals surface area contributed by atoms with Crippen molar-refractivity contribution in [3.63, 3.8) is 0 Å². The van der Waals surface area contributed by atoms with Crippen molar-refractivity contribution in [1.29, 1.82) is 0 Å². The van der Waals surface area contributed by atoms with Gasteiger partial charge in [0.05, 0.1) is 15.2 Å². The van der Waals surface area contributed by atoms with Gasteiger partial charge >= 0.3 is 0 Å². The van der Waals surface area contributed by atoms with Crippen molar-refractivity contribution in [2.24, 2.45) is 0 Å². The maximum absolute atomic E-state index is 2.62. The van der Waals surface area contributed by atoms with E-state index in [1.165, 1.54) is 16.2 Å². The fraction of sp³-hybridized carbons (Fsp3) is 0.467. The molecule has 2 aromatic heterocycles. The highest BCUT2D eigenvalue weighted by Gasteiger charge is 2.48. The molecule has 3 heterocycles. The van der Waals surface area contributed by atoms with Crippen LogP contribution < -0.4 is 10.4 Å². The second-order valence-corrected chi connectivity index (χ2v) is 24.6. The predicted molar refractivity (Wildman–Crippen MR) is 95.2 cm³/mol. The van der Waals surface area contributed by atoms with Crippen LogP contribution >= 0.6 is 22.7 Å². The first-order valence-corrected chi connectivity index (χ1v) is 15.6. The molecule has 0 aromatic carbocycles. The van der Waals surface area contributed by atoms with Gasteiger partial charge in [-0.2, -0.15) is 0 Å². The van der Waals surface area contributed by atoms with E-state index in [0.29, 0.717) is 0 Å². The number of rotatable bonds is 0. The van der Waals surface area contributed by atoms with Gasteiger partial charge in [-0.15, -0.1) is 22.7 Å². The van der Waals surface area contributed by atoms with Crippen molar-refractivity contribution in [3.05, 3.63) is 31.6 Å². The topological polar surface area (TPSA) is 0 Å². The zero-order valence-electron chi connectivity index (χ0n) is 12.7. The first kappa shape index (κ1) is 13.8. The summed E-state index contributed by atoms with van der Waals surface area (Å²) in [4.78, 5) is 6.37. The van der Waals surface area contributed by atoms with E-state index in [-0.39, 0.29) is 0 Å². The maximum atomic E-state index is 2.62. The summed E-state index contributed by atoms with van der Waals surface area (Å²) in [6, 6.07) is 5.04. The van der Waals surface area contributed by atoms with Crippen LogP contribution in [-0.2, 0) is 6.42 Å². The highest BCUT2D eigenvalue weighted by atomic mass is 32.1. The molecule has 0 aliphatic carbocycles. The van der Waals surface area contributed by atoms with E-state index < -0.39 is 15.2 Å². The molecule has 0 saturated heterocycles. The average molecular weight is 323 g/mol. The molecule has 0 atom stereocenters. The van der Waals surface area contributed by atoms with Crippen molar-refractivity contribution in [2.45, 2.75) is 46.5 Å². The quantitative estimate of drug-likeness (QED) is 0.645. The molecule has 0 fully saturated rings. The monoisotopic (exact) mass is 322 g/mol. The molecule has 4 heteroatoms. The normalized spacial score (nSPS) is 19.7. The van der Waals surface area contributed by atoms with Crippen LogP contribution in [0.15, 0.2) is 12.1 Å². The van der Waals surface area contributed by atoms with Crippen LogP contribution in [0.1, 0.15) is 19.5 Å². The Morgan fingerprint density at radius 1 is 0.789 bits per heavy atom. The number of fused-ring (bicyclic) bond motifs is 2. The lowest BCUT2D eigenvalue weighted by molar-refractivity contribution is 1.34. The molecule has 0 radical (unpaired) electrons. The maximum Gasteiger partial charge on any atom is 0.0806 e. The molecule has 0 spiro atoms. The van der Waals surface area contributed by atoms with Gasteiger partial charge < -0.3 is 0 Å². The van der Waals surface area contributed by atoms with Gasteiger partial charge in [0.15, 0.2) is 0 Å². The Labute approximate surface area is 126 Å². The summed E-state index contributed by atoms with van der Waals surface area (Å²) in [5.41, 5.74) is 0. The average Bonchev–Trinajstić information content (AvgIpc) is 2.81. The Balaban J connectivity index is 2.33. The van der Waals surface area contributed by atoms with E-state index in [4.69, 9.17) is 0 Å². The molecule has 0 N–H and O–H groups in total. The van der Waals surface area contributed by atoms with Gasteiger partial charge in [-0.3, -0.25) is 0 Å². The standard InChI is InChI=1S/C15H22S2Si2/c1-10-7-14-12(16-10)9-13-15(8-11(2)17-13)19(5,6)18(14,3)4/h7-8H,9H2,1-6H3. The van der Waals surface area contributed by atoms with Crippen molar-refractivity contribution >= 4 is 48.2 Å². The number of thiophene rings is 2. The van der Waals surface area contributed by atoms with Gasteiger partial charge in [0.1, 0.15) is 0 Å². The van der Waals surface area contributed by atoms with E-state index in [2.05, 4.69) is 52.2 Å². The SMILES string of the molecule is Cc1cc2c(s1)Cc1sc(C)cc1[Si](C)(C)[Si]2(C)C. The van der Waals surface area contributed by atoms with E-state index >= 15 is 0 Å². The summed E-state index contributed by atoms with van der Waals surface area (Å²) < 4.78 is 0. The van der Waals surface area contributed by atoms with Gasteiger partial charge in [0.25, 0.3) is 0 Å². The molecule has 0 bridgehead atoms. The highest BCUT2D eigenvalue weighted by Crippen LogP contribution is 2.33. The Bertz CT molecular complexity index is 591. The van der Waals surface area contributed by atoms with Crippen molar-refractivity contribution in [1.82, 2.24) is 0 Å². The molecule has 102 valence electrons. The molecule has 0 unspecified atom stereocenters. The second-order valence-electron chi connectivity index (χ2n) is 6.81. The van der Waals surface area contributed by atoms with Crippen molar-refractivity contribution < 1.29 is 0 Å². The summed E-state index contributed by atoms with van der Waals surface area (Å²) >= 11 is 4.09. The van der Waals surface area contributed by atoms with Crippen LogP contribution in [0.4, 0.5) is 0 Å². The summed E-state index contributed by atoms with van der Waals surface area (Å²) in [6.07, 6.45) is 1.20. The minimum Gasteiger partial charge on any atom is -0.145 e. The van der Waals surface area contributed by atoms with Crippen molar-refractivity contribution in [3.8, 4) is 0 Å². The van der Waals surface area contributed by atoms with Crippen LogP contribution in [0.25, 0.3) is 0 Å².